The zero-order chi connectivity index (χ0) is 31.1. The fourth-order valence-electron chi connectivity index (χ4n) is 7.48. The highest BCUT2D eigenvalue weighted by molar-refractivity contribution is 6.13. The van der Waals surface area contributed by atoms with Gasteiger partial charge in [0.25, 0.3) is 0 Å². The second-order valence-electron chi connectivity index (χ2n) is 12.1. The molecular formula is C43H25N3O. The van der Waals surface area contributed by atoms with Crippen molar-refractivity contribution in [1.29, 1.82) is 5.26 Å². The lowest BCUT2D eigenvalue weighted by atomic mass is 9.98. The van der Waals surface area contributed by atoms with Gasteiger partial charge in [0.05, 0.1) is 33.7 Å². The van der Waals surface area contributed by atoms with Gasteiger partial charge in [-0.3, -0.25) is 0 Å². The molecule has 0 N–H and O–H groups in total. The maximum Gasteiger partial charge on any atom is 0.135 e. The van der Waals surface area contributed by atoms with Crippen LogP contribution in [0.15, 0.2) is 156 Å². The fraction of sp³-hybridized carbons (Fsp3) is 0. The van der Waals surface area contributed by atoms with Gasteiger partial charge in [-0.05, 0) is 83.9 Å². The summed E-state index contributed by atoms with van der Waals surface area (Å²) in [6.07, 6.45) is 0. The lowest BCUT2D eigenvalue weighted by molar-refractivity contribution is 0.669. The highest BCUT2D eigenvalue weighted by Gasteiger charge is 2.18. The quantitative estimate of drug-likeness (QED) is 0.203. The van der Waals surface area contributed by atoms with Crippen molar-refractivity contribution in [1.82, 2.24) is 9.13 Å². The SMILES string of the molecule is N#Cc1ccccc1-c1ccc2oc3ccc(-n4c5ccccc5c5cc(-n6c7ccccc7c7ccccc76)ccc54)cc3c2c1. The van der Waals surface area contributed by atoms with E-state index in [2.05, 4.69) is 130 Å². The van der Waals surface area contributed by atoms with Gasteiger partial charge in [-0.25, -0.2) is 0 Å². The third-order valence-corrected chi connectivity index (χ3v) is 9.56. The highest BCUT2D eigenvalue weighted by atomic mass is 16.3. The Bertz CT molecular complexity index is 2880. The first kappa shape index (κ1) is 25.7. The van der Waals surface area contributed by atoms with Gasteiger partial charge in [0.1, 0.15) is 11.2 Å². The smallest absolute Gasteiger partial charge is 0.135 e. The number of fused-ring (bicyclic) bond motifs is 9. The summed E-state index contributed by atoms with van der Waals surface area (Å²) in [5.41, 5.74) is 11.1. The van der Waals surface area contributed by atoms with Gasteiger partial charge in [0.2, 0.25) is 0 Å². The molecule has 0 saturated heterocycles. The molecule has 0 radical (unpaired) electrons. The van der Waals surface area contributed by atoms with Gasteiger partial charge in [0.15, 0.2) is 0 Å². The molecule has 0 spiro atoms. The Hall–Kier alpha value is -6.57. The van der Waals surface area contributed by atoms with Crippen molar-refractivity contribution in [2.45, 2.75) is 0 Å². The summed E-state index contributed by atoms with van der Waals surface area (Å²) in [5, 5.41) is 16.7. The van der Waals surface area contributed by atoms with E-state index in [9.17, 15) is 5.26 Å². The van der Waals surface area contributed by atoms with Crippen molar-refractivity contribution in [3.05, 3.63) is 157 Å². The van der Waals surface area contributed by atoms with E-state index < -0.39 is 0 Å². The maximum atomic E-state index is 9.73. The molecule has 218 valence electrons. The predicted octanol–water partition coefficient (Wildman–Crippen LogP) is 11.3. The molecule has 0 amide bonds. The van der Waals surface area contributed by atoms with Gasteiger partial charge in [-0.2, -0.15) is 5.26 Å². The van der Waals surface area contributed by atoms with E-state index in [0.717, 1.165) is 55.5 Å². The van der Waals surface area contributed by atoms with Gasteiger partial charge in [-0.15, -0.1) is 0 Å². The first-order valence-electron chi connectivity index (χ1n) is 15.7. The molecule has 3 aromatic heterocycles. The molecule has 0 aliphatic rings. The van der Waals surface area contributed by atoms with E-state index in [1.165, 1.54) is 32.6 Å². The first-order valence-corrected chi connectivity index (χ1v) is 15.7. The lowest BCUT2D eigenvalue weighted by Gasteiger charge is -2.10. The molecular weight excluding hydrogens is 574 g/mol. The van der Waals surface area contributed by atoms with Crippen LogP contribution in [0.25, 0.3) is 88.1 Å². The van der Waals surface area contributed by atoms with Crippen molar-refractivity contribution in [3.63, 3.8) is 0 Å². The van der Waals surface area contributed by atoms with Crippen LogP contribution in [0.5, 0.6) is 0 Å². The average Bonchev–Trinajstić information content (AvgIpc) is 3.78. The van der Waals surface area contributed by atoms with E-state index in [1.54, 1.807) is 0 Å². The number of furan rings is 1. The van der Waals surface area contributed by atoms with Crippen LogP contribution < -0.4 is 0 Å². The molecule has 0 aliphatic carbocycles. The number of benzene rings is 7. The van der Waals surface area contributed by atoms with Gasteiger partial charge < -0.3 is 13.6 Å². The molecule has 0 aliphatic heterocycles. The molecule has 10 aromatic rings. The Kier molecular flexibility index (Phi) is 5.32. The van der Waals surface area contributed by atoms with Crippen LogP contribution in [-0.2, 0) is 0 Å². The second-order valence-corrected chi connectivity index (χ2v) is 12.1. The number of aromatic nitrogens is 2. The second kappa shape index (κ2) is 9.71. The molecule has 0 saturated carbocycles. The Morgan fingerprint density at radius 2 is 0.915 bits per heavy atom. The van der Waals surface area contributed by atoms with Crippen LogP contribution in [0.3, 0.4) is 0 Å². The topological polar surface area (TPSA) is 46.8 Å². The van der Waals surface area contributed by atoms with E-state index in [4.69, 9.17) is 4.42 Å². The van der Waals surface area contributed by atoms with Crippen LogP contribution in [0.1, 0.15) is 5.56 Å². The van der Waals surface area contributed by atoms with E-state index in [0.29, 0.717) is 5.56 Å². The first-order chi connectivity index (χ1) is 23.3. The molecule has 0 bridgehead atoms. The summed E-state index contributed by atoms with van der Waals surface area (Å²) < 4.78 is 11.0. The average molecular weight is 600 g/mol. The van der Waals surface area contributed by atoms with Crippen molar-refractivity contribution in [2.24, 2.45) is 0 Å². The van der Waals surface area contributed by atoms with Crippen molar-refractivity contribution < 1.29 is 4.42 Å². The predicted molar refractivity (Wildman–Crippen MR) is 193 cm³/mol. The summed E-state index contributed by atoms with van der Waals surface area (Å²) in [6.45, 7) is 0. The highest BCUT2D eigenvalue weighted by Crippen LogP contribution is 2.39. The summed E-state index contributed by atoms with van der Waals surface area (Å²) in [5.74, 6) is 0. The number of hydrogen-bond acceptors (Lipinski definition) is 2. The minimum Gasteiger partial charge on any atom is -0.456 e. The number of nitriles is 1. The van der Waals surface area contributed by atoms with E-state index >= 15 is 0 Å². The van der Waals surface area contributed by atoms with Crippen LogP contribution in [-0.4, -0.2) is 9.13 Å². The molecule has 7 aromatic carbocycles. The maximum absolute atomic E-state index is 9.73. The van der Waals surface area contributed by atoms with E-state index in [1.807, 2.05) is 36.4 Å². The standard InChI is InChI=1S/C43H25N3O/c44-26-28-9-1-2-10-31(28)27-17-21-42-36(23-27)37-25-30(19-22-43(37)47-42)46-40-16-8-5-13-34(40)35-24-29(18-20-41(35)46)45-38-14-6-3-11-32(38)33-12-4-7-15-39(33)45/h1-25H. The molecule has 0 unspecified atom stereocenters. The van der Waals surface area contributed by atoms with Crippen molar-refractivity contribution in [3.8, 4) is 28.6 Å². The van der Waals surface area contributed by atoms with Gasteiger partial charge in [0, 0.05) is 43.7 Å². The summed E-state index contributed by atoms with van der Waals surface area (Å²) in [6, 6.07) is 55.4. The minimum atomic E-state index is 0.658. The largest absolute Gasteiger partial charge is 0.456 e. The molecule has 0 atom stereocenters. The molecule has 47 heavy (non-hydrogen) atoms. The Labute approximate surface area is 269 Å². The molecule has 3 heterocycles. The molecule has 4 heteroatoms. The fourth-order valence-corrected chi connectivity index (χ4v) is 7.48. The molecule has 10 rings (SSSR count). The third-order valence-electron chi connectivity index (χ3n) is 9.56. The zero-order valence-electron chi connectivity index (χ0n) is 25.2. The van der Waals surface area contributed by atoms with Crippen LogP contribution >= 0.6 is 0 Å². The minimum absolute atomic E-state index is 0.658. The normalized spacial score (nSPS) is 11.8. The number of nitrogens with zero attached hydrogens (tertiary/aromatic N) is 3. The monoisotopic (exact) mass is 599 g/mol. The van der Waals surface area contributed by atoms with Gasteiger partial charge in [-0.1, -0.05) is 78.9 Å². The van der Waals surface area contributed by atoms with Crippen molar-refractivity contribution >= 4 is 65.6 Å². The number of hydrogen-bond donors (Lipinski definition) is 0. The van der Waals surface area contributed by atoms with E-state index in [-0.39, 0.29) is 0 Å². The van der Waals surface area contributed by atoms with Crippen LogP contribution in [0.4, 0.5) is 0 Å². The number of para-hydroxylation sites is 3. The molecule has 0 fully saturated rings. The Morgan fingerprint density at radius 1 is 0.426 bits per heavy atom. The zero-order valence-corrected chi connectivity index (χ0v) is 25.2. The Morgan fingerprint density at radius 3 is 1.57 bits per heavy atom. The summed E-state index contributed by atoms with van der Waals surface area (Å²) in [7, 11) is 0. The lowest BCUT2D eigenvalue weighted by Crippen LogP contribution is -1.95. The van der Waals surface area contributed by atoms with Crippen LogP contribution in [0.2, 0.25) is 0 Å². The number of rotatable bonds is 3. The summed E-state index contributed by atoms with van der Waals surface area (Å²) >= 11 is 0. The van der Waals surface area contributed by atoms with Crippen LogP contribution in [0, 0.1) is 11.3 Å². The summed E-state index contributed by atoms with van der Waals surface area (Å²) in [4.78, 5) is 0. The third kappa shape index (κ3) is 3.69. The van der Waals surface area contributed by atoms with Crippen molar-refractivity contribution in [2.75, 3.05) is 0 Å². The Balaban J connectivity index is 1.20. The molecule has 4 nitrogen and oxygen atoms in total. The van der Waals surface area contributed by atoms with Gasteiger partial charge >= 0.3 is 0 Å².